The van der Waals surface area contributed by atoms with Crippen molar-refractivity contribution in [2.45, 2.75) is 13.3 Å². The van der Waals surface area contributed by atoms with E-state index in [0.29, 0.717) is 11.6 Å². The molecule has 0 unspecified atom stereocenters. The summed E-state index contributed by atoms with van der Waals surface area (Å²) in [7, 11) is 0. The molecule has 6 aromatic rings. The normalized spacial score (nSPS) is 11.2. The van der Waals surface area contributed by atoms with Gasteiger partial charge in [-0.05, 0) is 66.6 Å². The van der Waals surface area contributed by atoms with Crippen molar-refractivity contribution in [3.8, 4) is 34.3 Å². The second kappa shape index (κ2) is 8.61. The van der Waals surface area contributed by atoms with Crippen molar-refractivity contribution >= 4 is 21.9 Å². The minimum absolute atomic E-state index is 0.210. The van der Waals surface area contributed by atoms with Crippen LogP contribution in [0, 0.1) is 0 Å². The SMILES string of the molecule is CCc1cc(Oc2ccccn2)cc(-c2ccc3c4ccccc4n(-c4ccccc4O)c3n2)c1. The van der Waals surface area contributed by atoms with Gasteiger partial charge in [0.1, 0.15) is 17.1 Å². The van der Waals surface area contributed by atoms with Gasteiger partial charge in [-0.2, -0.15) is 0 Å². The van der Waals surface area contributed by atoms with Gasteiger partial charge in [0.05, 0.1) is 16.9 Å². The first-order valence-electron chi connectivity index (χ1n) is 11.6. The van der Waals surface area contributed by atoms with Gasteiger partial charge in [-0.15, -0.1) is 0 Å². The number of rotatable bonds is 5. The molecule has 5 heteroatoms. The third-order valence-corrected chi connectivity index (χ3v) is 6.18. The Morgan fingerprint density at radius 2 is 1.66 bits per heavy atom. The first-order valence-corrected chi connectivity index (χ1v) is 11.6. The summed E-state index contributed by atoms with van der Waals surface area (Å²) >= 11 is 0. The van der Waals surface area contributed by atoms with Crippen LogP contribution in [0.1, 0.15) is 12.5 Å². The highest BCUT2D eigenvalue weighted by atomic mass is 16.5. The first-order chi connectivity index (χ1) is 17.2. The minimum atomic E-state index is 0.210. The van der Waals surface area contributed by atoms with Gasteiger partial charge in [-0.3, -0.25) is 4.57 Å². The predicted octanol–water partition coefficient (Wildman–Crippen LogP) is 7.30. The van der Waals surface area contributed by atoms with Crippen LogP contribution in [0.2, 0.25) is 0 Å². The monoisotopic (exact) mass is 457 g/mol. The maximum atomic E-state index is 10.7. The first kappa shape index (κ1) is 20.9. The van der Waals surface area contributed by atoms with Crippen molar-refractivity contribution in [1.82, 2.24) is 14.5 Å². The average Bonchev–Trinajstić information content (AvgIpc) is 3.23. The molecule has 1 N–H and O–H groups in total. The third kappa shape index (κ3) is 3.77. The van der Waals surface area contributed by atoms with Crippen LogP contribution in [0.5, 0.6) is 17.4 Å². The third-order valence-electron chi connectivity index (χ3n) is 6.18. The number of aryl methyl sites for hydroxylation is 1. The molecule has 0 radical (unpaired) electrons. The largest absolute Gasteiger partial charge is 0.506 e. The highest BCUT2D eigenvalue weighted by Crippen LogP contribution is 2.36. The molecule has 0 aliphatic carbocycles. The summed E-state index contributed by atoms with van der Waals surface area (Å²) in [4.78, 5) is 9.39. The number of nitrogens with zero attached hydrogens (tertiary/aromatic N) is 3. The Labute approximate surface area is 202 Å². The molecule has 0 saturated heterocycles. The lowest BCUT2D eigenvalue weighted by Crippen LogP contribution is -1.97. The van der Waals surface area contributed by atoms with Gasteiger partial charge in [-0.25, -0.2) is 9.97 Å². The minimum Gasteiger partial charge on any atom is -0.506 e. The molecule has 170 valence electrons. The molecular formula is C30H23N3O2. The van der Waals surface area contributed by atoms with E-state index in [9.17, 15) is 5.11 Å². The molecule has 3 aromatic carbocycles. The van der Waals surface area contributed by atoms with E-state index in [1.54, 1.807) is 12.3 Å². The van der Waals surface area contributed by atoms with E-state index < -0.39 is 0 Å². The zero-order valence-electron chi connectivity index (χ0n) is 19.2. The second-order valence-electron chi connectivity index (χ2n) is 8.40. The molecule has 0 fully saturated rings. The standard InChI is InChI=1S/C30H23N3O2/c1-2-20-17-21(19-22(18-20)35-29-13-7-8-16-31-29)25-15-14-24-23-9-3-4-10-26(23)33(30(24)32-25)27-11-5-6-12-28(27)34/h3-19,34H,2H2,1H3. The molecule has 0 bridgehead atoms. The van der Waals surface area contributed by atoms with Crippen LogP contribution in [-0.4, -0.2) is 19.6 Å². The summed E-state index contributed by atoms with van der Waals surface area (Å²) < 4.78 is 8.08. The Balaban J connectivity index is 1.55. The molecule has 3 aromatic heterocycles. The fourth-order valence-electron chi connectivity index (χ4n) is 4.50. The molecule has 0 aliphatic rings. The van der Waals surface area contributed by atoms with Crippen LogP contribution in [-0.2, 0) is 6.42 Å². The number of hydrogen-bond acceptors (Lipinski definition) is 4. The van der Waals surface area contributed by atoms with Crippen LogP contribution in [0.25, 0.3) is 38.9 Å². The lowest BCUT2D eigenvalue weighted by molar-refractivity contribution is 0.462. The molecule has 0 spiro atoms. The van der Waals surface area contributed by atoms with Crippen LogP contribution in [0.3, 0.4) is 0 Å². The van der Waals surface area contributed by atoms with Crippen molar-refractivity contribution in [3.05, 3.63) is 109 Å². The van der Waals surface area contributed by atoms with E-state index >= 15 is 0 Å². The van der Waals surface area contributed by atoms with E-state index in [-0.39, 0.29) is 5.75 Å². The van der Waals surface area contributed by atoms with E-state index in [1.165, 1.54) is 0 Å². The molecular weight excluding hydrogens is 434 g/mol. The van der Waals surface area contributed by atoms with E-state index in [0.717, 1.165) is 50.9 Å². The summed E-state index contributed by atoms with van der Waals surface area (Å²) in [6.45, 7) is 2.12. The molecule has 6 rings (SSSR count). The van der Waals surface area contributed by atoms with E-state index in [2.05, 4.69) is 36.2 Å². The smallest absolute Gasteiger partial charge is 0.219 e. The van der Waals surface area contributed by atoms with Gasteiger partial charge >= 0.3 is 0 Å². The molecule has 0 aliphatic heterocycles. The van der Waals surface area contributed by atoms with Crippen molar-refractivity contribution in [2.75, 3.05) is 0 Å². The highest BCUT2D eigenvalue weighted by molar-refractivity contribution is 6.08. The molecule has 0 atom stereocenters. The lowest BCUT2D eigenvalue weighted by atomic mass is 10.0. The number of aromatic nitrogens is 3. The predicted molar refractivity (Wildman–Crippen MR) is 139 cm³/mol. The van der Waals surface area contributed by atoms with Crippen molar-refractivity contribution < 1.29 is 9.84 Å². The van der Waals surface area contributed by atoms with Crippen molar-refractivity contribution in [2.24, 2.45) is 0 Å². The number of ether oxygens (including phenoxy) is 1. The maximum absolute atomic E-state index is 10.7. The summed E-state index contributed by atoms with van der Waals surface area (Å²) in [5, 5.41) is 12.8. The fraction of sp³-hybridized carbons (Fsp3) is 0.0667. The van der Waals surface area contributed by atoms with Crippen LogP contribution < -0.4 is 4.74 Å². The van der Waals surface area contributed by atoms with Gasteiger partial charge in [-0.1, -0.05) is 43.3 Å². The maximum Gasteiger partial charge on any atom is 0.219 e. The van der Waals surface area contributed by atoms with Gasteiger partial charge in [0, 0.05) is 28.6 Å². The van der Waals surface area contributed by atoms with Crippen LogP contribution >= 0.6 is 0 Å². The number of hydrogen-bond donors (Lipinski definition) is 1. The Morgan fingerprint density at radius 3 is 2.49 bits per heavy atom. The van der Waals surface area contributed by atoms with Crippen LogP contribution in [0.4, 0.5) is 0 Å². The number of pyridine rings is 2. The van der Waals surface area contributed by atoms with Crippen molar-refractivity contribution in [3.63, 3.8) is 0 Å². The number of aromatic hydroxyl groups is 1. The van der Waals surface area contributed by atoms with Crippen molar-refractivity contribution in [1.29, 1.82) is 0 Å². The molecule has 35 heavy (non-hydrogen) atoms. The second-order valence-corrected chi connectivity index (χ2v) is 8.40. The topological polar surface area (TPSA) is 60.2 Å². The Bertz CT molecular complexity index is 1670. The van der Waals surface area contributed by atoms with Gasteiger partial charge in [0.15, 0.2) is 0 Å². The zero-order chi connectivity index (χ0) is 23.8. The van der Waals surface area contributed by atoms with E-state index in [4.69, 9.17) is 9.72 Å². The van der Waals surface area contributed by atoms with Gasteiger partial charge < -0.3 is 9.84 Å². The summed E-state index contributed by atoms with van der Waals surface area (Å²) in [5.41, 5.74) is 5.43. The van der Waals surface area contributed by atoms with Gasteiger partial charge in [0.25, 0.3) is 0 Å². The quantitative estimate of drug-likeness (QED) is 0.295. The van der Waals surface area contributed by atoms with E-state index in [1.807, 2.05) is 71.3 Å². The highest BCUT2D eigenvalue weighted by Gasteiger charge is 2.17. The number of fused-ring (bicyclic) bond motifs is 3. The lowest BCUT2D eigenvalue weighted by Gasteiger charge is -2.11. The molecule has 3 heterocycles. The fourth-order valence-corrected chi connectivity index (χ4v) is 4.50. The number of phenols is 1. The van der Waals surface area contributed by atoms with Crippen LogP contribution in [0.15, 0.2) is 103 Å². The molecule has 0 amide bonds. The Kier molecular flexibility index (Phi) is 5.15. The number of para-hydroxylation sites is 3. The molecule has 5 nitrogen and oxygen atoms in total. The zero-order valence-corrected chi connectivity index (χ0v) is 19.2. The Hall–Kier alpha value is -4.64. The summed E-state index contributed by atoms with van der Waals surface area (Å²) in [6, 6.07) is 31.5. The average molecular weight is 458 g/mol. The number of phenolic OH excluding ortho intramolecular Hbond substituents is 1. The Morgan fingerprint density at radius 1 is 0.829 bits per heavy atom. The van der Waals surface area contributed by atoms with Gasteiger partial charge in [0.2, 0.25) is 5.88 Å². The molecule has 0 saturated carbocycles. The number of benzene rings is 3. The summed E-state index contributed by atoms with van der Waals surface area (Å²) in [5.74, 6) is 1.48. The summed E-state index contributed by atoms with van der Waals surface area (Å²) in [6.07, 6.45) is 2.58.